The first-order chi connectivity index (χ1) is 6.42. The summed E-state index contributed by atoms with van der Waals surface area (Å²) in [5.41, 5.74) is 1.93. The van der Waals surface area contributed by atoms with E-state index in [1.807, 2.05) is 5.38 Å². The third kappa shape index (κ3) is 1.58. The molecule has 0 radical (unpaired) electrons. The predicted molar refractivity (Wildman–Crippen MR) is 52.5 cm³/mol. The van der Waals surface area contributed by atoms with E-state index >= 15 is 0 Å². The van der Waals surface area contributed by atoms with E-state index in [2.05, 4.69) is 21.9 Å². The molecule has 2 aromatic rings. The average molecular weight is 191 g/mol. The highest BCUT2D eigenvalue weighted by Crippen LogP contribution is 2.21. The maximum Gasteiger partial charge on any atom is 0.143 e. The fraction of sp³-hybridized carbons (Fsp3) is 0.222. The minimum absolute atomic E-state index is 0.892. The van der Waals surface area contributed by atoms with Crippen molar-refractivity contribution in [2.24, 2.45) is 0 Å². The molecule has 2 heterocycles. The van der Waals surface area contributed by atoms with Crippen LogP contribution < -0.4 is 0 Å². The molecular weight excluding hydrogens is 182 g/mol. The van der Waals surface area contributed by atoms with Gasteiger partial charge in [0, 0.05) is 24.0 Å². The van der Waals surface area contributed by atoms with E-state index in [0.29, 0.717) is 0 Å². The second kappa shape index (κ2) is 3.62. The summed E-state index contributed by atoms with van der Waals surface area (Å²) in [5, 5.41) is 2.90. The molecule has 0 atom stereocenters. The molecule has 0 aliphatic carbocycles. The molecule has 4 heteroatoms. The number of thiazole rings is 1. The monoisotopic (exact) mass is 191 g/mol. The first kappa shape index (κ1) is 8.31. The molecule has 2 aromatic heterocycles. The summed E-state index contributed by atoms with van der Waals surface area (Å²) >= 11 is 1.59. The normalized spacial score (nSPS) is 10.2. The molecule has 0 amide bonds. The Labute approximate surface area is 80.5 Å². The number of aryl methyl sites for hydroxylation is 1. The zero-order chi connectivity index (χ0) is 9.10. The van der Waals surface area contributed by atoms with E-state index in [1.165, 1.54) is 0 Å². The molecule has 13 heavy (non-hydrogen) atoms. The van der Waals surface area contributed by atoms with Gasteiger partial charge in [0.05, 0.1) is 5.69 Å². The van der Waals surface area contributed by atoms with Gasteiger partial charge in [0.15, 0.2) is 0 Å². The molecule has 0 spiro atoms. The van der Waals surface area contributed by atoms with Crippen molar-refractivity contribution in [1.82, 2.24) is 15.0 Å². The van der Waals surface area contributed by atoms with Gasteiger partial charge in [-0.25, -0.2) is 4.98 Å². The van der Waals surface area contributed by atoms with Crippen molar-refractivity contribution in [2.75, 3.05) is 0 Å². The van der Waals surface area contributed by atoms with Crippen LogP contribution in [0.4, 0.5) is 0 Å². The van der Waals surface area contributed by atoms with Crippen LogP contribution in [0.2, 0.25) is 0 Å². The standard InChI is InChI=1S/C9H9N3S/c1-2-7-8(11-4-3-10-7)9-12-5-6-13-9/h3-6H,2H2,1H3. The van der Waals surface area contributed by atoms with E-state index in [9.17, 15) is 0 Å². The van der Waals surface area contributed by atoms with Crippen LogP contribution in [0.3, 0.4) is 0 Å². The molecule has 0 saturated heterocycles. The lowest BCUT2D eigenvalue weighted by Gasteiger charge is -2.00. The van der Waals surface area contributed by atoms with Gasteiger partial charge < -0.3 is 0 Å². The molecule has 0 N–H and O–H groups in total. The van der Waals surface area contributed by atoms with Gasteiger partial charge in [-0.15, -0.1) is 11.3 Å². The Balaban J connectivity index is 2.51. The van der Waals surface area contributed by atoms with Crippen LogP contribution in [0.1, 0.15) is 12.6 Å². The van der Waals surface area contributed by atoms with Crippen LogP contribution in [-0.4, -0.2) is 15.0 Å². The molecular formula is C9H9N3S. The van der Waals surface area contributed by atoms with Gasteiger partial charge in [-0.2, -0.15) is 0 Å². The highest BCUT2D eigenvalue weighted by molar-refractivity contribution is 7.13. The van der Waals surface area contributed by atoms with Crippen LogP contribution in [0.25, 0.3) is 10.7 Å². The maximum absolute atomic E-state index is 4.28. The summed E-state index contributed by atoms with van der Waals surface area (Å²) in [5.74, 6) is 0. The van der Waals surface area contributed by atoms with Crippen LogP contribution in [-0.2, 0) is 6.42 Å². The Morgan fingerprint density at radius 3 is 2.69 bits per heavy atom. The highest BCUT2D eigenvalue weighted by Gasteiger charge is 2.07. The Bertz CT molecular complexity index is 384. The van der Waals surface area contributed by atoms with Gasteiger partial charge in [0.2, 0.25) is 0 Å². The number of hydrogen-bond donors (Lipinski definition) is 0. The van der Waals surface area contributed by atoms with Crippen LogP contribution in [0, 0.1) is 0 Å². The molecule has 3 nitrogen and oxygen atoms in total. The quantitative estimate of drug-likeness (QED) is 0.730. The summed E-state index contributed by atoms with van der Waals surface area (Å²) in [6, 6.07) is 0. The van der Waals surface area contributed by atoms with Gasteiger partial charge in [-0.05, 0) is 6.42 Å². The van der Waals surface area contributed by atoms with Gasteiger partial charge >= 0.3 is 0 Å². The number of hydrogen-bond acceptors (Lipinski definition) is 4. The molecule has 0 unspecified atom stereocenters. The summed E-state index contributed by atoms with van der Waals surface area (Å²) < 4.78 is 0. The van der Waals surface area contributed by atoms with Crippen molar-refractivity contribution in [2.45, 2.75) is 13.3 Å². The van der Waals surface area contributed by atoms with E-state index in [4.69, 9.17) is 0 Å². The zero-order valence-electron chi connectivity index (χ0n) is 7.27. The Hall–Kier alpha value is -1.29. The van der Waals surface area contributed by atoms with Crippen molar-refractivity contribution < 1.29 is 0 Å². The fourth-order valence-corrected chi connectivity index (χ4v) is 1.80. The first-order valence-corrected chi connectivity index (χ1v) is 4.99. The predicted octanol–water partition coefficient (Wildman–Crippen LogP) is 2.16. The van der Waals surface area contributed by atoms with Crippen molar-refractivity contribution in [3.63, 3.8) is 0 Å². The van der Waals surface area contributed by atoms with E-state index in [1.54, 1.807) is 29.9 Å². The third-order valence-electron chi connectivity index (χ3n) is 1.74. The van der Waals surface area contributed by atoms with Crippen molar-refractivity contribution in [3.05, 3.63) is 29.7 Å². The topological polar surface area (TPSA) is 38.7 Å². The van der Waals surface area contributed by atoms with Gasteiger partial charge in [-0.1, -0.05) is 6.92 Å². The minimum atomic E-state index is 0.892. The second-order valence-corrected chi connectivity index (χ2v) is 3.44. The van der Waals surface area contributed by atoms with E-state index in [-0.39, 0.29) is 0 Å². The van der Waals surface area contributed by atoms with Gasteiger partial charge in [-0.3, -0.25) is 9.97 Å². The minimum Gasteiger partial charge on any atom is -0.257 e. The number of nitrogens with zero attached hydrogens (tertiary/aromatic N) is 3. The van der Waals surface area contributed by atoms with Crippen molar-refractivity contribution >= 4 is 11.3 Å². The van der Waals surface area contributed by atoms with Gasteiger partial charge in [0.1, 0.15) is 10.7 Å². The van der Waals surface area contributed by atoms with Crippen molar-refractivity contribution in [1.29, 1.82) is 0 Å². The summed E-state index contributed by atoms with van der Waals surface area (Å²) in [4.78, 5) is 12.7. The SMILES string of the molecule is CCc1nccnc1-c1nccs1. The largest absolute Gasteiger partial charge is 0.257 e. The lowest BCUT2D eigenvalue weighted by molar-refractivity contribution is 1.00. The van der Waals surface area contributed by atoms with Crippen molar-refractivity contribution in [3.8, 4) is 10.7 Å². The fourth-order valence-electron chi connectivity index (χ4n) is 1.14. The molecule has 0 bridgehead atoms. The lowest BCUT2D eigenvalue weighted by Crippen LogP contribution is -1.93. The molecule has 0 aliphatic rings. The maximum atomic E-state index is 4.28. The molecule has 0 aromatic carbocycles. The first-order valence-electron chi connectivity index (χ1n) is 4.11. The van der Waals surface area contributed by atoms with Gasteiger partial charge in [0.25, 0.3) is 0 Å². The summed E-state index contributed by atoms with van der Waals surface area (Å²) in [6.07, 6.45) is 6.10. The summed E-state index contributed by atoms with van der Waals surface area (Å²) in [7, 11) is 0. The van der Waals surface area contributed by atoms with Crippen LogP contribution in [0.15, 0.2) is 24.0 Å². The smallest absolute Gasteiger partial charge is 0.143 e. The molecule has 66 valence electrons. The molecule has 0 saturated carbocycles. The van der Waals surface area contributed by atoms with Crippen LogP contribution >= 0.6 is 11.3 Å². The number of aromatic nitrogens is 3. The average Bonchev–Trinajstić information content (AvgIpc) is 2.70. The lowest BCUT2D eigenvalue weighted by atomic mass is 10.2. The Kier molecular flexibility index (Phi) is 2.31. The molecule has 2 rings (SSSR count). The molecule has 0 fully saturated rings. The van der Waals surface area contributed by atoms with E-state index < -0.39 is 0 Å². The summed E-state index contributed by atoms with van der Waals surface area (Å²) in [6.45, 7) is 2.07. The highest BCUT2D eigenvalue weighted by atomic mass is 32.1. The molecule has 0 aliphatic heterocycles. The Morgan fingerprint density at radius 2 is 2.00 bits per heavy atom. The second-order valence-electron chi connectivity index (χ2n) is 2.54. The van der Waals surface area contributed by atoms with E-state index in [0.717, 1.165) is 22.8 Å². The van der Waals surface area contributed by atoms with Crippen LogP contribution in [0.5, 0.6) is 0 Å². The Morgan fingerprint density at radius 1 is 1.15 bits per heavy atom. The number of rotatable bonds is 2. The zero-order valence-corrected chi connectivity index (χ0v) is 8.08. The third-order valence-corrected chi connectivity index (χ3v) is 2.52.